The summed E-state index contributed by atoms with van der Waals surface area (Å²) in [5.74, 6) is 6.03. The molecular weight excluding hydrogens is 303 g/mol. The van der Waals surface area contributed by atoms with E-state index < -0.39 is 0 Å². The zero-order valence-electron chi connectivity index (χ0n) is 14.1. The number of nitrogens with zero attached hydrogens (tertiary/aromatic N) is 2. The second kappa shape index (κ2) is 6.76. The third kappa shape index (κ3) is 2.98. The maximum absolute atomic E-state index is 13.5. The summed E-state index contributed by atoms with van der Waals surface area (Å²) in [6.07, 6.45) is 1.75. The van der Waals surface area contributed by atoms with Gasteiger partial charge in [-0.25, -0.2) is 9.37 Å². The molecule has 0 aliphatic heterocycles. The lowest BCUT2D eigenvalue weighted by atomic mass is 10.2. The molecule has 0 spiro atoms. The van der Waals surface area contributed by atoms with Gasteiger partial charge >= 0.3 is 0 Å². The minimum absolute atomic E-state index is 0.230. The minimum atomic E-state index is -0.230. The summed E-state index contributed by atoms with van der Waals surface area (Å²) in [4.78, 5) is 4.37. The van der Waals surface area contributed by atoms with Crippen LogP contribution in [0.5, 0.6) is 5.88 Å². The van der Waals surface area contributed by atoms with Gasteiger partial charge in [-0.3, -0.25) is 0 Å². The molecular formula is C20H19FN2O. The monoisotopic (exact) mass is 322 g/mol. The zero-order valence-corrected chi connectivity index (χ0v) is 14.1. The van der Waals surface area contributed by atoms with Crippen LogP contribution in [0.15, 0.2) is 36.5 Å². The van der Waals surface area contributed by atoms with Crippen molar-refractivity contribution < 1.29 is 9.13 Å². The summed E-state index contributed by atoms with van der Waals surface area (Å²) < 4.78 is 21.4. The summed E-state index contributed by atoms with van der Waals surface area (Å²) in [5, 5.41) is 1.10. The lowest BCUT2D eigenvalue weighted by Gasteiger charge is -2.11. The molecule has 0 amide bonds. The number of hydrogen-bond donors (Lipinski definition) is 0. The van der Waals surface area contributed by atoms with Crippen LogP contribution in [0.25, 0.3) is 10.9 Å². The fourth-order valence-corrected chi connectivity index (χ4v) is 2.86. The summed E-state index contributed by atoms with van der Waals surface area (Å²) in [6.45, 7) is 6.78. The van der Waals surface area contributed by atoms with E-state index >= 15 is 0 Å². The third-order valence-electron chi connectivity index (χ3n) is 4.20. The van der Waals surface area contributed by atoms with Crippen molar-refractivity contribution in [2.75, 3.05) is 6.61 Å². The average Bonchev–Trinajstić information content (AvgIpc) is 2.81. The number of benzene rings is 1. The van der Waals surface area contributed by atoms with Crippen LogP contribution in [0.1, 0.15) is 23.7 Å². The highest BCUT2D eigenvalue weighted by Crippen LogP contribution is 2.31. The topological polar surface area (TPSA) is 27.1 Å². The Morgan fingerprint density at radius 1 is 1.25 bits per heavy atom. The second-order valence-electron chi connectivity index (χ2n) is 5.65. The fraction of sp³-hybridized carbons (Fsp3) is 0.250. The highest BCUT2D eigenvalue weighted by Gasteiger charge is 2.16. The molecule has 0 N–H and O–H groups in total. The van der Waals surface area contributed by atoms with Crippen molar-refractivity contribution in [3.05, 3.63) is 59.2 Å². The van der Waals surface area contributed by atoms with Crippen LogP contribution < -0.4 is 4.74 Å². The van der Waals surface area contributed by atoms with Gasteiger partial charge in [-0.05, 0) is 50.1 Å². The first-order valence-corrected chi connectivity index (χ1v) is 7.83. The van der Waals surface area contributed by atoms with E-state index in [1.54, 1.807) is 25.3 Å². The maximum atomic E-state index is 13.5. The molecule has 4 heteroatoms. The normalized spacial score (nSPS) is 10.5. The van der Waals surface area contributed by atoms with Gasteiger partial charge in [0.1, 0.15) is 11.3 Å². The van der Waals surface area contributed by atoms with Crippen LogP contribution in [-0.4, -0.2) is 16.2 Å². The molecule has 0 fully saturated rings. The quantitative estimate of drug-likeness (QED) is 0.672. The second-order valence-corrected chi connectivity index (χ2v) is 5.65. The van der Waals surface area contributed by atoms with E-state index in [9.17, 15) is 4.39 Å². The van der Waals surface area contributed by atoms with Crippen molar-refractivity contribution in [2.45, 2.75) is 27.3 Å². The summed E-state index contributed by atoms with van der Waals surface area (Å²) in [6, 6.07) is 8.64. The molecule has 0 saturated heterocycles. The Morgan fingerprint density at radius 2 is 2.08 bits per heavy atom. The first-order chi connectivity index (χ1) is 11.6. The maximum Gasteiger partial charge on any atom is 0.239 e. The van der Waals surface area contributed by atoms with Gasteiger partial charge in [0.15, 0.2) is 6.61 Å². The number of pyridine rings is 1. The Kier molecular flexibility index (Phi) is 4.52. The number of ether oxygens (including phenoxy) is 1. The molecule has 24 heavy (non-hydrogen) atoms. The van der Waals surface area contributed by atoms with Crippen LogP contribution in [0, 0.1) is 31.5 Å². The molecule has 2 heterocycles. The van der Waals surface area contributed by atoms with Crippen molar-refractivity contribution in [1.82, 2.24) is 9.55 Å². The first-order valence-electron chi connectivity index (χ1n) is 7.83. The Hall–Kier alpha value is -2.80. The van der Waals surface area contributed by atoms with Gasteiger partial charge in [0.05, 0.1) is 0 Å². The van der Waals surface area contributed by atoms with Gasteiger partial charge < -0.3 is 9.30 Å². The van der Waals surface area contributed by atoms with Crippen LogP contribution in [0.2, 0.25) is 0 Å². The van der Waals surface area contributed by atoms with Gasteiger partial charge in [-0.15, -0.1) is 5.92 Å². The molecule has 3 nitrogen and oxygen atoms in total. The molecule has 0 radical (unpaired) electrons. The standard InChI is InChI=1S/C20H19FN2O/c1-4-5-11-24-20-19-18(9-10-22-20)14(2)15(3)23(19)13-16-7-6-8-17(21)12-16/h6-10,12H,11,13H2,1-3H3. The van der Waals surface area contributed by atoms with Gasteiger partial charge in [-0.2, -0.15) is 0 Å². The highest BCUT2D eigenvalue weighted by molar-refractivity contribution is 5.89. The Balaban J connectivity index is 2.11. The van der Waals surface area contributed by atoms with Crippen molar-refractivity contribution in [2.24, 2.45) is 0 Å². The SMILES string of the molecule is CC#CCOc1nccc2c(C)c(C)n(Cc3cccc(F)c3)c12. The largest absolute Gasteiger partial charge is 0.463 e. The number of fused-ring (bicyclic) bond motifs is 1. The number of hydrogen-bond acceptors (Lipinski definition) is 2. The molecule has 0 unspecified atom stereocenters. The lowest BCUT2D eigenvalue weighted by Crippen LogP contribution is -2.05. The highest BCUT2D eigenvalue weighted by atomic mass is 19.1. The van der Waals surface area contributed by atoms with E-state index in [4.69, 9.17) is 4.74 Å². The molecule has 0 aliphatic rings. The van der Waals surface area contributed by atoms with Gasteiger partial charge in [0.25, 0.3) is 0 Å². The van der Waals surface area contributed by atoms with Crippen LogP contribution in [-0.2, 0) is 6.54 Å². The van der Waals surface area contributed by atoms with E-state index in [-0.39, 0.29) is 5.82 Å². The molecule has 0 bridgehead atoms. The lowest BCUT2D eigenvalue weighted by molar-refractivity contribution is 0.358. The Bertz CT molecular complexity index is 947. The van der Waals surface area contributed by atoms with Gasteiger partial charge in [0, 0.05) is 23.8 Å². The average molecular weight is 322 g/mol. The fourth-order valence-electron chi connectivity index (χ4n) is 2.86. The molecule has 3 aromatic rings. The van der Waals surface area contributed by atoms with Crippen LogP contribution >= 0.6 is 0 Å². The molecule has 0 atom stereocenters. The number of halogens is 1. The molecule has 3 rings (SSSR count). The number of aromatic nitrogens is 2. The number of rotatable bonds is 4. The van der Waals surface area contributed by atoms with Gasteiger partial charge in [0.2, 0.25) is 5.88 Å². The molecule has 2 aromatic heterocycles. The number of aryl methyl sites for hydroxylation is 1. The third-order valence-corrected chi connectivity index (χ3v) is 4.20. The van der Waals surface area contributed by atoms with Crippen LogP contribution in [0.4, 0.5) is 4.39 Å². The van der Waals surface area contributed by atoms with Crippen molar-refractivity contribution in [3.8, 4) is 17.7 Å². The molecule has 0 aliphatic carbocycles. The Labute approximate surface area is 141 Å². The van der Waals surface area contributed by atoms with Crippen LogP contribution in [0.3, 0.4) is 0 Å². The van der Waals surface area contributed by atoms with Crippen molar-refractivity contribution >= 4 is 10.9 Å². The molecule has 122 valence electrons. The zero-order chi connectivity index (χ0) is 17.1. The summed E-state index contributed by atoms with van der Waals surface area (Å²) in [5.41, 5.74) is 4.12. The predicted molar refractivity (Wildman–Crippen MR) is 93.7 cm³/mol. The van der Waals surface area contributed by atoms with E-state index in [1.807, 2.05) is 12.1 Å². The van der Waals surface area contributed by atoms with Crippen molar-refractivity contribution in [3.63, 3.8) is 0 Å². The minimum Gasteiger partial charge on any atom is -0.463 e. The first kappa shape index (κ1) is 16.1. The summed E-state index contributed by atoms with van der Waals surface area (Å²) in [7, 11) is 0. The van der Waals surface area contributed by atoms with E-state index in [0.29, 0.717) is 19.0 Å². The Morgan fingerprint density at radius 3 is 2.83 bits per heavy atom. The van der Waals surface area contributed by atoms with E-state index in [1.165, 1.54) is 11.6 Å². The van der Waals surface area contributed by atoms with E-state index in [0.717, 1.165) is 22.2 Å². The molecule has 1 aromatic carbocycles. The van der Waals surface area contributed by atoms with Crippen molar-refractivity contribution in [1.29, 1.82) is 0 Å². The predicted octanol–water partition coefficient (Wildman–Crippen LogP) is 4.24. The van der Waals surface area contributed by atoms with E-state index in [2.05, 4.69) is 35.2 Å². The smallest absolute Gasteiger partial charge is 0.239 e. The summed E-state index contributed by atoms with van der Waals surface area (Å²) >= 11 is 0. The van der Waals surface area contributed by atoms with Gasteiger partial charge in [-0.1, -0.05) is 18.1 Å². The molecule has 0 saturated carbocycles.